The molecule has 0 fully saturated rings. The molecule has 1 aliphatic rings. The molecule has 0 aliphatic carbocycles. The fourth-order valence-corrected chi connectivity index (χ4v) is 3.32. The minimum absolute atomic E-state index is 0.171. The first-order valence-electron chi connectivity index (χ1n) is 9.46. The third kappa shape index (κ3) is 4.09. The molecule has 0 radical (unpaired) electrons. The van der Waals surface area contributed by atoms with Crippen molar-refractivity contribution in [3.8, 4) is 17.2 Å². The van der Waals surface area contributed by atoms with Gasteiger partial charge in [0.1, 0.15) is 11.5 Å². The van der Waals surface area contributed by atoms with E-state index in [0.717, 1.165) is 0 Å². The van der Waals surface area contributed by atoms with Gasteiger partial charge in [-0.1, -0.05) is 23.7 Å². The highest BCUT2D eigenvalue weighted by Crippen LogP contribution is 2.39. The summed E-state index contributed by atoms with van der Waals surface area (Å²) in [5.41, 5.74) is 1.57. The molecule has 0 saturated heterocycles. The van der Waals surface area contributed by atoms with Crippen LogP contribution in [0.4, 0.5) is 11.4 Å². The summed E-state index contributed by atoms with van der Waals surface area (Å²) in [4.78, 5) is 27.0. The average molecular weight is 423 g/mol. The summed E-state index contributed by atoms with van der Waals surface area (Å²) in [6.45, 7) is 2.22. The second-order valence-corrected chi connectivity index (χ2v) is 7.06. The maximum absolute atomic E-state index is 13.1. The standard InChI is InChI=1S/C23H19ClN2O4/c1-2-26-19-5-3-4-6-21(19)30-20-12-9-16(13-18(20)23(26)28)25-22(27)14-29-17-10-7-15(24)8-11-17/h3-13H,2,14H2,1H3,(H,25,27). The van der Waals surface area contributed by atoms with E-state index in [-0.39, 0.29) is 18.4 Å². The van der Waals surface area contributed by atoms with Crippen LogP contribution in [-0.2, 0) is 4.79 Å². The SMILES string of the molecule is CCN1C(=O)c2cc(NC(=O)COc3ccc(Cl)cc3)ccc2Oc2ccccc21. The topological polar surface area (TPSA) is 67.9 Å². The number of halogens is 1. The number of hydrogen-bond acceptors (Lipinski definition) is 4. The summed E-state index contributed by atoms with van der Waals surface area (Å²) < 4.78 is 11.4. The smallest absolute Gasteiger partial charge is 0.262 e. The highest BCUT2D eigenvalue weighted by atomic mass is 35.5. The zero-order valence-corrected chi connectivity index (χ0v) is 17.0. The first-order chi connectivity index (χ1) is 14.5. The van der Waals surface area contributed by atoms with Gasteiger partial charge >= 0.3 is 0 Å². The third-order valence-electron chi connectivity index (χ3n) is 4.61. The summed E-state index contributed by atoms with van der Waals surface area (Å²) in [6.07, 6.45) is 0. The first kappa shape index (κ1) is 19.8. The van der Waals surface area contributed by atoms with E-state index in [4.69, 9.17) is 21.1 Å². The molecule has 0 saturated carbocycles. The second kappa shape index (κ2) is 8.47. The molecule has 2 amide bonds. The Morgan fingerprint density at radius 2 is 1.83 bits per heavy atom. The fraction of sp³-hybridized carbons (Fsp3) is 0.130. The average Bonchev–Trinajstić information content (AvgIpc) is 2.87. The molecule has 3 aromatic rings. The molecule has 0 aromatic heterocycles. The van der Waals surface area contributed by atoms with E-state index in [0.29, 0.717) is 45.8 Å². The molecule has 1 aliphatic heterocycles. The predicted octanol–water partition coefficient (Wildman–Crippen LogP) is 5.13. The molecule has 1 heterocycles. The fourth-order valence-electron chi connectivity index (χ4n) is 3.19. The molecule has 7 heteroatoms. The number of rotatable bonds is 5. The van der Waals surface area contributed by atoms with Crippen molar-refractivity contribution in [2.45, 2.75) is 6.92 Å². The number of ether oxygens (including phenoxy) is 2. The van der Waals surface area contributed by atoms with Crippen molar-refractivity contribution in [3.63, 3.8) is 0 Å². The monoisotopic (exact) mass is 422 g/mol. The Balaban J connectivity index is 1.51. The van der Waals surface area contributed by atoms with Crippen molar-refractivity contribution in [3.05, 3.63) is 77.3 Å². The number of fused-ring (bicyclic) bond motifs is 2. The van der Waals surface area contributed by atoms with E-state index < -0.39 is 0 Å². The second-order valence-electron chi connectivity index (χ2n) is 6.62. The Kier molecular flexibility index (Phi) is 5.59. The van der Waals surface area contributed by atoms with Crippen molar-refractivity contribution < 1.29 is 19.1 Å². The summed E-state index contributed by atoms with van der Waals surface area (Å²) in [5.74, 6) is 1.06. The molecule has 4 rings (SSSR count). The maximum Gasteiger partial charge on any atom is 0.262 e. The Morgan fingerprint density at radius 1 is 1.07 bits per heavy atom. The van der Waals surface area contributed by atoms with Crippen LogP contribution in [0.1, 0.15) is 17.3 Å². The lowest BCUT2D eigenvalue weighted by molar-refractivity contribution is -0.118. The van der Waals surface area contributed by atoms with E-state index in [1.807, 2.05) is 31.2 Å². The normalized spacial score (nSPS) is 12.3. The lowest BCUT2D eigenvalue weighted by atomic mass is 10.1. The molecule has 6 nitrogen and oxygen atoms in total. The van der Waals surface area contributed by atoms with Gasteiger partial charge in [-0.05, 0) is 61.5 Å². The number of nitrogens with one attached hydrogen (secondary N) is 1. The van der Waals surface area contributed by atoms with Crippen LogP contribution >= 0.6 is 11.6 Å². The Bertz CT molecular complexity index is 1100. The minimum Gasteiger partial charge on any atom is -0.484 e. The number of para-hydroxylation sites is 2. The van der Waals surface area contributed by atoms with Crippen LogP contribution in [0.5, 0.6) is 17.2 Å². The first-order valence-corrected chi connectivity index (χ1v) is 9.84. The zero-order chi connectivity index (χ0) is 21.1. The van der Waals surface area contributed by atoms with Gasteiger partial charge in [0.15, 0.2) is 12.4 Å². The molecule has 0 atom stereocenters. The van der Waals surface area contributed by atoms with Crippen LogP contribution in [0, 0.1) is 0 Å². The van der Waals surface area contributed by atoms with Crippen molar-refractivity contribution >= 4 is 34.8 Å². The largest absolute Gasteiger partial charge is 0.484 e. The molecule has 0 spiro atoms. The van der Waals surface area contributed by atoms with E-state index in [1.54, 1.807) is 47.4 Å². The Hall–Kier alpha value is -3.51. The van der Waals surface area contributed by atoms with E-state index in [2.05, 4.69) is 5.32 Å². The highest BCUT2D eigenvalue weighted by molar-refractivity contribution is 6.30. The van der Waals surface area contributed by atoms with Gasteiger partial charge in [0, 0.05) is 17.3 Å². The van der Waals surface area contributed by atoms with Crippen LogP contribution in [-0.4, -0.2) is 25.0 Å². The molecule has 152 valence electrons. The van der Waals surface area contributed by atoms with Gasteiger partial charge in [-0.25, -0.2) is 0 Å². The third-order valence-corrected chi connectivity index (χ3v) is 4.87. The minimum atomic E-state index is -0.345. The number of carbonyl (C=O) groups excluding carboxylic acids is 2. The van der Waals surface area contributed by atoms with Gasteiger partial charge < -0.3 is 19.7 Å². The van der Waals surface area contributed by atoms with Crippen molar-refractivity contribution in [1.82, 2.24) is 0 Å². The van der Waals surface area contributed by atoms with Gasteiger partial charge in [0.05, 0.1) is 11.3 Å². The van der Waals surface area contributed by atoms with Crippen LogP contribution < -0.4 is 19.7 Å². The highest BCUT2D eigenvalue weighted by Gasteiger charge is 2.27. The van der Waals surface area contributed by atoms with Gasteiger partial charge in [-0.3, -0.25) is 9.59 Å². The van der Waals surface area contributed by atoms with E-state index in [9.17, 15) is 9.59 Å². The quantitative estimate of drug-likeness (QED) is 0.619. The Morgan fingerprint density at radius 3 is 2.60 bits per heavy atom. The van der Waals surface area contributed by atoms with Crippen LogP contribution in [0.25, 0.3) is 0 Å². The summed E-state index contributed by atoms with van der Waals surface area (Å²) in [7, 11) is 0. The maximum atomic E-state index is 13.1. The Labute approximate surface area is 179 Å². The zero-order valence-electron chi connectivity index (χ0n) is 16.2. The molecule has 0 bridgehead atoms. The van der Waals surface area contributed by atoms with Crippen LogP contribution in [0.2, 0.25) is 5.02 Å². The lowest BCUT2D eigenvalue weighted by Crippen LogP contribution is -2.30. The molecule has 30 heavy (non-hydrogen) atoms. The van der Waals surface area contributed by atoms with Crippen molar-refractivity contribution in [2.75, 3.05) is 23.4 Å². The summed E-state index contributed by atoms with van der Waals surface area (Å²) >= 11 is 5.84. The van der Waals surface area contributed by atoms with Gasteiger partial charge in [0.2, 0.25) is 0 Å². The van der Waals surface area contributed by atoms with E-state index in [1.165, 1.54) is 0 Å². The number of amides is 2. The number of benzene rings is 3. The van der Waals surface area contributed by atoms with Gasteiger partial charge in [0.25, 0.3) is 11.8 Å². The number of hydrogen-bond donors (Lipinski definition) is 1. The molecule has 3 aromatic carbocycles. The van der Waals surface area contributed by atoms with Gasteiger partial charge in [-0.15, -0.1) is 0 Å². The number of carbonyl (C=O) groups is 2. The number of anilines is 2. The molecule has 1 N–H and O–H groups in total. The summed E-state index contributed by atoms with van der Waals surface area (Å²) in [6, 6.07) is 19.1. The van der Waals surface area contributed by atoms with Crippen LogP contribution in [0.15, 0.2) is 66.7 Å². The lowest BCUT2D eigenvalue weighted by Gasteiger charge is -2.19. The van der Waals surface area contributed by atoms with Crippen molar-refractivity contribution in [2.24, 2.45) is 0 Å². The summed E-state index contributed by atoms with van der Waals surface area (Å²) in [5, 5.41) is 3.34. The predicted molar refractivity (Wildman–Crippen MR) is 116 cm³/mol. The van der Waals surface area contributed by atoms with Crippen LogP contribution in [0.3, 0.4) is 0 Å². The van der Waals surface area contributed by atoms with Gasteiger partial charge in [-0.2, -0.15) is 0 Å². The molecular weight excluding hydrogens is 404 g/mol. The number of nitrogens with zero attached hydrogens (tertiary/aromatic N) is 1. The van der Waals surface area contributed by atoms with Crippen molar-refractivity contribution in [1.29, 1.82) is 0 Å². The molecule has 0 unspecified atom stereocenters. The molecular formula is C23H19ClN2O4. The van der Waals surface area contributed by atoms with E-state index >= 15 is 0 Å².